The number of rotatable bonds is 6. The maximum atomic E-state index is 12.2. The summed E-state index contributed by atoms with van der Waals surface area (Å²) in [6.07, 6.45) is 0. The van der Waals surface area contributed by atoms with Crippen LogP contribution in [0.2, 0.25) is 5.02 Å². The second-order valence-electron chi connectivity index (χ2n) is 4.82. The first kappa shape index (κ1) is 16.7. The van der Waals surface area contributed by atoms with Crippen LogP contribution in [-0.2, 0) is 21.3 Å². The van der Waals surface area contributed by atoms with Crippen LogP contribution in [-0.4, -0.2) is 52.7 Å². The van der Waals surface area contributed by atoms with E-state index in [-0.39, 0.29) is 9.92 Å². The number of sulfonamides is 1. The fourth-order valence-electron chi connectivity index (χ4n) is 2.13. The van der Waals surface area contributed by atoms with Crippen LogP contribution in [0.15, 0.2) is 23.1 Å². The lowest BCUT2D eigenvalue weighted by Gasteiger charge is -2.26. The minimum absolute atomic E-state index is 0.0864. The highest BCUT2D eigenvalue weighted by Crippen LogP contribution is 2.22. The first-order valence-electron chi connectivity index (χ1n) is 6.81. The molecule has 0 bridgehead atoms. The molecule has 0 radical (unpaired) electrons. The van der Waals surface area contributed by atoms with Crippen molar-refractivity contribution in [1.82, 2.24) is 9.62 Å². The maximum Gasteiger partial charge on any atom is 0.242 e. The van der Waals surface area contributed by atoms with Crippen molar-refractivity contribution in [3.8, 4) is 0 Å². The van der Waals surface area contributed by atoms with Crippen LogP contribution < -0.4 is 10.5 Å². The van der Waals surface area contributed by atoms with Gasteiger partial charge in [-0.05, 0) is 17.7 Å². The number of halogens is 1. The quantitative estimate of drug-likeness (QED) is 0.787. The van der Waals surface area contributed by atoms with Gasteiger partial charge in [0.1, 0.15) is 4.90 Å². The maximum absolute atomic E-state index is 12.2. The molecule has 1 saturated heterocycles. The molecular formula is C13H20ClN3O3S. The normalized spacial score (nSPS) is 17.0. The van der Waals surface area contributed by atoms with Gasteiger partial charge in [0.25, 0.3) is 0 Å². The second kappa shape index (κ2) is 7.53. The Kier molecular flexibility index (Phi) is 5.98. The van der Waals surface area contributed by atoms with E-state index in [2.05, 4.69) is 9.62 Å². The molecule has 0 saturated carbocycles. The van der Waals surface area contributed by atoms with E-state index in [4.69, 9.17) is 22.1 Å². The number of morpholine rings is 1. The number of hydrogen-bond acceptors (Lipinski definition) is 5. The zero-order chi connectivity index (χ0) is 15.3. The molecular weight excluding hydrogens is 314 g/mol. The van der Waals surface area contributed by atoms with Crippen LogP contribution in [0.1, 0.15) is 5.56 Å². The van der Waals surface area contributed by atoms with Gasteiger partial charge >= 0.3 is 0 Å². The van der Waals surface area contributed by atoms with Gasteiger partial charge in [-0.15, -0.1) is 0 Å². The molecule has 0 aliphatic carbocycles. The summed E-state index contributed by atoms with van der Waals surface area (Å²) in [6, 6.07) is 4.74. The number of nitrogens with one attached hydrogen (secondary N) is 1. The van der Waals surface area contributed by atoms with Crippen LogP contribution >= 0.6 is 11.6 Å². The zero-order valence-corrected chi connectivity index (χ0v) is 13.3. The molecule has 0 unspecified atom stereocenters. The van der Waals surface area contributed by atoms with Crippen LogP contribution in [0.3, 0.4) is 0 Å². The first-order chi connectivity index (χ1) is 10.0. The Bertz CT molecular complexity index is 574. The average molecular weight is 334 g/mol. The summed E-state index contributed by atoms with van der Waals surface area (Å²) >= 11 is 6.02. The largest absolute Gasteiger partial charge is 0.379 e. The number of nitrogens with two attached hydrogens (primary N) is 1. The lowest BCUT2D eigenvalue weighted by Crippen LogP contribution is -2.41. The first-order valence-corrected chi connectivity index (χ1v) is 8.67. The van der Waals surface area contributed by atoms with Crippen molar-refractivity contribution in [1.29, 1.82) is 0 Å². The summed E-state index contributed by atoms with van der Waals surface area (Å²) < 4.78 is 32.3. The van der Waals surface area contributed by atoms with Gasteiger partial charge in [-0.3, -0.25) is 4.90 Å². The molecule has 1 aliphatic rings. The molecule has 0 atom stereocenters. The molecule has 118 valence electrons. The molecule has 8 heteroatoms. The molecule has 0 aromatic heterocycles. The number of ether oxygens (including phenoxy) is 1. The summed E-state index contributed by atoms with van der Waals surface area (Å²) in [6.45, 7) is 4.36. The lowest BCUT2D eigenvalue weighted by atomic mass is 10.2. The van der Waals surface area contributed by atoms with Crippen LogP contribution in [0.5, 0.6) is 0 Å². The van der Waals surface area contributed by atoms with Gasteiger partial charge in [-0.25, -0.2) is 13.1 Å². The number of nitrogens with zero attached hydrogens (tertiary/aromatic N) is 1. The molecule has 3 N–H and O–H groups in total. The summed E-state index contributed by atoms with van der Waals surface area (Å²) in [5.41, 5.74) is 6.30. The van der Waals surface area contributed by atoms with Crippen molar-refractivity contribution in [2.45, 2.75) is 11.4 Å². The predicted octanol–water partition coefficient (Wildman–Crippen LogP) is 0.409. The Morgan fingerprint density at radius 2 is 2.05 bits per heavy atom. The van der Waals surface area contributed by atoms with Crippen molar-refractivity contribution in [2.75, 3.05) is 39.4 Å². The zero-order valence-electron chi connectivity index (χ0n) is 11.7. The monoisotopic (exact) mass is 333 g/mol. The van der Waals surface area contributed by atoms with Gasteiger partial charge < -0.3 is 10.5 Å². The molecule has 0 amide bonds. The summed E-state index contributed by atoms with van der Waals surface area (Å²) in [5.74, 6) is 0. The summed E-state index contributed by atoms with van der Waals surface area (Å²) in [7, 11) is -3.60. The van der Waals surface area contributed by atoms with E-state index in [1.54, 1.807) is 12.1 Å². The van der Waals surface area contributed by atoms with E-state index in [1.165, 1.54) is 6.07 Å². The van der Waals surface area contributed by atoms with E-state index >= 15 is 0 Å². The third-order valence-electron chi connectivity index (χ3n) is 3.35. The average Bonchev–Trinajstić information content (AvgIpc) is 2.47. The van der Waals surface area contributed by atoms with E-state index in [1.807, 2.05) is 0 Å². The Hall–Kier alpha value is -0.700. The van der Waals surface area contributed by atoms with Gasteiger partial charge in [-0.2, -0.15) is 0 Å². The Balaban J connectivity index is 1.94. The van der Waals surface area contributed by atoms with Crippen LogP contribution in [0.25, 0.3) is 0 Å². The summed E-state index contributed by atoms with van der Waals surface area (Å²) in [5, 5.41) is 0.192. The lowest BCUT2D eigenvalue weighted by molar-refractivity contribution is 0.0390. The molecule has 2 rings (SSSR count). The number of hydrogen-bond donors (Lipinski definition) is 2. The smallest absolute Gasteiger partial charge is 0.242 e. The molecule has 21 heavy (non-hydrogen) atoms. The third kappa shape index (κ3) is 4.64. The van der Waals surface area contributed by atoms with Gasteiger partial charge in [0, 0.05) is 32.7 Å². The van der Waals surface area contributed by atoms with Crippen molar-refractivity contribution in [2.24, 2.45) is 5.73 Å². The molecule has 0 spiro atoms. The second-order valence-corrected chi connectivity index (χ2v) is 6.96. The highest BCUT2D eigenvalue weighted by molar-refractivity contribution is 7.89. The fourth-order valence-corrected chi connectivity index (χ4v) is 3.72. The predicted molar refractivity (Wildman–Crippen MR) is 81.8 cm³/mol. The molecule has 1 aromatic carbocycles. The van der Waals surface area contributed by atoms with E-state index in [9.17, 15) is 8.42 Å². The molecule has 6 nitrogen and oxygen atoms in total. The Morgan fingerprint density at radius 3 is 2.67 bits per heavy atom. The van der Waals surface area contributed by atoms with Crippen LogP contribution in [0, 0.1) is 0 Å². The minimum atomic E-state index is -3.60. The highest BCUT2D eigenvalue weighted by Gasteiger charge is 2.18. The van der Waals surface area contributed by atoms with Gasteiger partial charge in [0.15, 0.2) is 0 Å². The molecule has 1 aromatic rings. The molecule has 1 fully saturated rings. The molecule has 1 aliphatic heterocycles. The minimum Gasteiger partial charge on any atom is -0.379 e. The third-order valence-corrected chi connectivity index (χ3v) is 5.29. The van der Waals surface area contributed by atoms with Crippen molar-refractivity contribution >= 4 is 21.6 Å². The van der Waals surface area contributed by atoms with Gasteiger partial charge in [-0.1, -0.05) is 17.7 Å². The van der Waals surface area contributed by atoms with Crippen LogP contribution in [0.4, 0.5) is 0 Å². The summed E-state index contributed by atoms with van der Waals surface area (Å²) in [4.78, 5) is 2.24. The molecule has 1 heterocycles. The van der Waals surface area contributed by atoms with E-state index in [0.29, 0.717) is 32.8 Å². The van der Waals surface area contributed by atoms with Crippen molar-refractivity contribution < 1.29 is 13.2 Å². The van der Waals surface area contributed by atoms with Crippen molar-refractivity contribution in [3.05, 3.63) is 28.8 Å². The number of benzene rings is 1. The van der Waals surface area contributed by atoms with Gasteiger partial charge in [0.05, 0.1) is 18.2 Å². The van der Waals surface area contributed by atoms with Gasteiger partial charge in [0.2, 0.25) is 10.0 Å². The van der Waals surface area contributed by atoms with Crippen molar-refractivity contribution in [3.63, 3.8) is 0 Å². The Labute approximate surface area is 130 Å². The van der Waals surface area contributed by atoms with E-state index in [0.717, 1.165) is 18.7 Å². The SMILES string of the molecule is NCc1ccc(S(=O)(=O)NCCN2CCOCC2)c(Cl)c1. The topological polar surface area (TPSA) is 84.7 Å². The highest BCUT2D eigenvalue weighted by atomic mass is 35.5. The Morgan fingerprint density at radius 1 is 1.33 bits per heavy atom. The fraction of sp³-hybridized carbons (Fsp3) is 0.538. The van der Waals surface area contributed by atoms with E-state index < -0.39 is 10.0 Å². The standard InChI is InChI=1S/C13H20ClN3O3S/c14-12-9-11(10-15)1-2-13(12)21(18,19)16-3-4-17-5-7-20-8-6-17/h1-2,9,16H,3-8,10,15H2.